The minimum Gasteiger partial charge on any atom is -0.466 e. The lowest BCUT2D eigenvalue weighted by Crippen LogP contribution is -2.50. The first-order valence-electron chi connectivity index (χ1n) is 9.60. The molecule has 0 aromatic heterocycles. The molecule has 6 nitrogen and oxygen atoms in total. The lowest BCUT2D eigenvalue weighted by molar-refractivity contribution is -0.136. The van der Waals surface area contributed by atoms with Gasteiger partial charge in [0.1, 0.15) is 0 Å². The van der Waals surface area contributed by atoms with Gasteiger partial charge in [0.05, 0.1) is 18.7 Å². The lowest BCUT2D eigenvalue weighted by atomic mass is 9.91. The number of nitrogens with one attached hydrogen (secondary N) is 2. The molecule has 2 aliphatic heterocycles. The van der Waals surface area contributed by atoms with Crippen molar-refractivity contribution in [2.75, 3.05) is 20.2 Å². The predicted octanol–water partition coefficient (Wildman–Crippen LogP) is 2.96. The van der Waals surface area contributed by atoms with Gasteiger partial charge in [0.2, 0.25) is 0 Å². The van der Waals surface area contributed by atoms with E-state index >= 15 is 0 Å². The van der Waals surface area contributed by atoms with E-state index in [1.54, 1.807) is 0 Å². The number of piperidine rings is 1. The second kappa shape index (κ2) is 8.13. The molecule has 0 aliphatic carbocycles. The summed E-state index contributed by atoms with van der Waals surface area (Å²) < 4.78 is 5.08. The average Bonchev–Trinajstić information content (AvgIpc) is 2.62. The zero-order valence-electron chi connectivity index (χ0n) is 16.6. The van der Waals surface area contributed by atoms with Gasteiger partial charge in [-0.1, -0.05) is 30.2 Å². The number of aryl methyl sites for hydroxylation is 2. The summed E-state index contributed by atoms with van der Waals surface area (Å²) in [6.45, 7) is 7.73. The number of hydrogen-bond donors (Lipinski definition) is 2. The molecule has 3 rings (SSSR count). The maximum Gasteiger partial charge on any atom is 0.338 e. The van der Waals surface area contributed by atoms with Crippen LogP contribution in [0.2, 0.25) is 0 Å². The van der Waals surface area contributed by atoms with Crippen LogP contribution in [0.5, 0.6) is 0 Å². The summed E-state index contributed by atoms with van der Waals surface area (Å²) in [5.74, 6) is -0.410. The highest BCUT2D eigenvalue weighted by molar-refractivity contribution is 5.95. The zero-order valence-corrected chi connectivity index (χ0v) is 16.6. The van der Waals surface area contributed by atoms with Crippen LogP contribution in [0.4, 0.5) is 4.79 Å². The third-order valence-electron chi connectivity index (χ3n) is 5.60. The Morgan fingerprint density at radius 2 is 2.07 bits per heavy atom. The molecule has 0 saturated carbocycles. The molecule has 2 heterocycles. The van der Waals surface area contributed by atoms with Crippen LogP contribution in [0, 0.1) is 13.8 Å². The molecule has 2 atom stereocenters. The number of hydrogen-bond acceptors (Lipinski definition) is 4. The van der Waals surface area contributed by atoms with Gasteiger partial charge in [-0.15, -0.1) is 0 Å². The Kier molecular flexibility index (Phi) is 5.85. The van der Waals surface area contributed by atoms with Gasteiger partial charge in [-0.2, -0.15) is 0 Å². The zero-order chi connectivity index (χ0) is 19.6. The van der Waals surface area contributed by atoms with E-state index in [0.29, 0.717) is 23.9 Å². The largest absolute Gasteiger partial charge is 0.466 e. The van der Waals surface area contributed by atoms with E-state index in [9.17, 15) is 9.59 Å². The second-order valence-electron chi connectivity index (χ2n) is 7.59. The number of ether oxygens (including phenoxy) is 1. The van der Waals surface area contributed by atoms with Gasteiger partial charge in [-0.05, 0) is 51.3 Å². The third kappa shape index (κ3) is 4.16. The van der Waals surface area contributed by atoms with Gasteiger partial charge >= 0.3 is 12.0 Å². The summed E-state index contributed by atoms with van der Waals surface area (Å²) in [5, 5.41) is 5.78. The maximum absolute atomic E-state index is 12.7. The van der Waals surface area contributed by atoms with Gasteiger partial charge < -0.3 is 15.4 Å². The molecule has 0 radical (unpaired) electrons. The van der Waals surface area contributed by atoms with Crippen molar-refractivity contribution in [2.45, 2.75) is 52.1 Å². The highest BCUT2D eigenvalue weighted by Crippen LogP contribution is 2.31. The first-order valence-corrected chi connectivity index (χ1v) is 9.60. The summed E-state index contributed by atoms with van der Waals surface area (Å²) in [4.78, 5) is 27.4. The molecule has 6 heteroatoms. The molecular formula is C21H29N3O3. The molecular weight excluding hydrogens is 342 g/mol. The van der Waals surface area contributed by atoms with Crippen molar-refractivity contribution in [3.05, 3.63) is 46.2 Å². The Hall–Kier alpha value is -2.34. The summed E-state index contributed by atoms with van der Waals surface area (Å²) in [5.41, 5.74) is 4.22. The molecule has 1 aromatic rings. The van der Waals surface area contributed by atoms with Crippen LogP contribution >= 0.6 is 0 Å². The van der Waals surface area contributed by atoms with E-state index in [0.717, 1.165) is 36.1 Å². The number of esters is 1. The van der Waals surface area contributed by atoms with E-state index < -0.39 is 12.0 Å². The van der Waals surface area contributed by atoms with Gasteiger partial charge in [-0.3, -0.25) is 4.90 Å². The highest BCUT2D eigenvalue weighted by Gasteiger charge is 2.35. The summed E-state index contributed by atoms with van der Waals surface area (Å²) in [6, 6.07) is 5.67. The molecule has 1 aromatic carbocycles. The molecule has 1 fully saturated rings. The fourth-order valence-electron chi connectivity index (χ4n) is 4.07. The van der Waals surface area contributed by atoms with E-state index in [-0.39, 0.29) is 6.03 Å². The smallest absolute Gasteiger partial charge is 0.338 e. The summed E-state index contributed by atoms with van der Waals surface area (Å²) >= 11 is 0. The number of amides is 2. The van der Waals surface area contributed by atoms with Crippen molar-refractivity contribution in [3.8, 4) is 0 Å². The molecule has 2 aliphatic rings. The molecule has 1 saturated heterocycles. The first-order chi connectivity index (χ1) is 12.9. The molecule has 0 unspecified atom stereocenters. The van der Waals surface area contributed by atoms with Crippen molar-refractivity contribution >= 4 is 12.0 Å². The topological polar surface area (TPSA) is 70.7 Å². The number of carbonyl (C=O) groups is 2. The fourth-order valence-corrected chi connectivity index (χ4v) is 4.07. The van der Waals surface area contributed by atoms with Crippen LogP contribution in [-0.2, 0) is 9.53 Å². The van der Waals surface area contributed by atoms with Crippen LogP contribution in [0.25, 0.3) is 0 Å². The highest BCUT2D eigenvalue weighted by atomic mass is 16.5. The third-order valence-corrected chi connectivity index (χ3v) is 5.60. The van der Waals surface area contributed by atoms with Crippen LogP contribution in [-0.4, -0.2) is 43.1 Å². The van der Waals surface area contributed by atoms with Crippen LogP contribution in [0.3, 0.4) is 0 Å². The Morgan fingerprint density at radius 3 is 2.74 bits per heavy atom. The number of nitrogens with zero attached hydrogens (tertiary/aromatic N) is 1. The summed E-state index contributed by atoms with van der Waals surface area (Å²) in [6.07, 6.45) is 3.49. The number of rotatable bonds is 4. The Balaban J connectivity index is 2.03. The van der Waals surface area contributed by atoms with Crippen molar-refractivity contribution in [3.63, 3.8) is 0 Å². The maximum atomic E-state index is 12.7. The van der Waals surface area contributed by atoms with E-state index in [2.05, 4.69) is 28.5 Å². The standard InChI is InChI=1S/C21H29N3O3/c1-13-8-9-16(14(2)11-13)19-18(20(25)27-4)17(22-21(26)23-19)12-24-10-6-5-7-15(24)3/h8-9,11,15,19H,5-7,10,12H2,1-4H3,(H2,22,23,26)/t15-,19+/m0/s1. The lowest BCUT2D eigenvalue weighted by Gasteiger charge is -2.37. The first kappa shape index (κ1) is 19.4. The van der Waals surface area contributed by atoms with E-state index in [4.69, 9.17) is 4.74 Å². The Labute approximate surface area is 161 Å². The molecule has 2 amide bonds. The predicted molar refractivity (Wildman–Crippen MR) is 104 cm³/mol. The number of likely N-dealkylation sites (tertiary alicyclic amines) is 1. The minimum atomic E-state index is -0.512. The number of carbonyl (C=O) groups excluding carboxylic acids is 2. The normalized spacial score (nSPS) is 23.6. The summed E-state index contributed by atoms with van der Waals surface area (Å²) in [7, 11) is 1.38. The monoisotopic (exact) mass is 371 g/mol. The van der Waals surface area contributed by atoms with E-state index in [1.165, 1.54) is 13.5 Å². The Bertz CT molecular complexity index is 772. The molecule has 2 N–H and O–H groups in total. The number of urea groups is 1. The average molecular weight is 371 g/mol. The SMILES string of the molecule is COC(=O)C1=C(CN2CCCC[C@@H]2C)NC(=O)N[C@@H]1c1ccc(C)cc1C. The molecule has 27 heavy (non-hydrogen) atoms. The van der Waals surface area contributed by atoms with Crippen molar-refractivity contribution in [1.29, 1.82) is 0 Å². The van der Waals surface area contributed by atoms with Crippen molar-refractivity contribution in [1.82, 2.24) is 15.5 Å². The quantitative estimate of drug-likeness (QED) is 0.799. The number of methoxy groups -OCH3 is 1. The van der Waals surface area contributed by atoms with Crippen LogP contribution in [0.15, 0.2) is 29.5 Å². The molecule has 146 valence electrons. The minimum absolute atomic E-state index is 0.285. The van der Waals surface area contributed by atoms with Gasteiger partial charge in [-0.25, -0.2) is 9.59 Å². The van der Waals surface area contributed by atoms with Gasteiger partial charge in [0.15, 0.2) is 0 Å². The van der Waals surface area contributed by atoms with E-state index in [1.807, 2.05) is 26.0 Å². The number of benzene rings is 1. The van der Waals surface area contributed by atoms with Crippen LogP contribution in [0.1, 0.15) is 48.9 Å². The van der Waals surface area contributed by atoms with Gasteiger partial charge in [0, 0.05) is 18.3 Å². The Morgan fingerprint density at radius 1 is 1.30 bits per heavy atom. The van der Waals surface area contributed by atoms with Crippen molar-refractivity contribution < 1.29 is 14.3 Å². The van der Waals surface area contributed by atoms with Gasteiger partial charge in [0.25, 0.3) is 0 Å². The molecule has 0 bridgehead atoms. The van der Waals surface area contributed by atoms with Crippen molar-refractivity contribution in [2.24, 2.45) is 0 Å². The molecule has 0 spiro atoms. The second-order valence-corrected chi connectivity index (χ2v) is 7.59. The fraction of sp³-hybridized carbons (Fsp3) is 0.524. The van der Waals surface area contributed by atoms with Crippen LogP contribution < -0.4 is 10.6 Å².